The molecule has 0 atom stereocenters. The molecule has 2 heteroatoms. The number of hydrogen-bond donors (Lipinski definition) is 1. The van der Waals surface area contributed by atoms with E-state index in [0.717, 1.165) is 11.8 Å². The minimum absolute atomic E-state index is 0.361. The van der Waals surface area contributed by atoms with Crippen molar-refractivity contribution in [2.45, 2.75) is 46.0 Å². The van der Waals surface area contributed by atoms with Gasteiger partial charge in [-0.05, 0) is 11.8 Å². The number of carbonyl (C=O) groups excluding carboxylic acids is 1. The van der Waals surface area contributed by atoms with Crippen molar-refractivity contribution < 1.29 is 9.90 Å². The summed E-state index contributed by atoms with van der Waals surface area (Å²) >= 11 is 0. The third kappa shape index (κ3) is 6.76. The van der Waals surface area contributed by atoms with Crippen molar-refractivity contribution in [1.82, 2.24) is 0 Å². The molecule has 0 heterocycles. The summed E-state index contributed by atoms with van der Waals surface area (Å²) in [5.41, 5.74) is 0. The smallest absolute Gasteiger partial charge is 0.145 e. The molecule has 1 fully saturated rings. The van der Waals surface area contributed by atoms with Crippen LogP contribution in [0.3, 0.4) is 0 Å². The summed E-state index contributed by atoms with van der Waals surface area (Å²) in [5.74, 6) is 1.99. The number of hydrogen-bond acceptors (Lipinski definition) is 2. The highest BCUT2D eigenvalue weighted by Gasteiger charge is 2.15. The van der Waals surface area contributed by atoms with Crippen LogP contribution in [0.2, 0.25) is 0 Å². The average molecular weight is 186 g/mol. The molecule has 0 radical (unpaired) electrons. The summed E-state index contributed by atoms with van der Waals surface area (Å²) in [5, 5.41) is 7.51. The van der Waals surface area contributed by atoms with Gasteiger partial charge in [-0.15, -0.1) is 0 Å². The lowest BCUT2D eigenvalue weighted by molar-refractivity contribution is -0.110. The number of carbonyl (C=O) groups is 1. The SMILES string of the molecule is CC(C)C1CCCCC1.O=CCO. The quantitative estimate of drug-likeness (QED) is 0.672. The molecule has 0 unspecified atom stereocenters. The fraction of sp³-hybridized carbons (Fsp3) is 0.909. The van der Waals surface area contributed by atoms with Crippen molar-refractivity contribution >= 4 is 6.29 Å². The van der Waals surface area contributed by atoms with Gasteiger partial charge in [-0.25, -0.2) is 0 Å². The van der Waals surface area contributed by atoms with Gasteiger partial charge in [0.2, 0.25) is 0 Å². The molecule has 0 saturated heterocycles. The average Bonchev–Trinajstić information content (AvgIpc) is 2.19. The zero-order chi connectivity index (χ0) is 10.1. The van der Waals surface area contributed by atoms with Crippen LogP contribution in [0.1, 0.15) is 46.0 Å². The number of aliphatic hydroxyl groups excluding tert-OH is 1. The van der Waals surface area contributed by atoms with E-state index in [9.17, 15) is 0 Å². The maximum Gasteiger partial charge on any atom is 0.145 e. The van der Waals surface area contributed by atoms with Crippen LogP contribution in [0.15, 0.2) is 0 Å². The van der Waals surface area contributed by atoms with Crippen LogP contribution in [0, 0.1) is 11.8 Å². The molecule has 2 nitrogen and oxygen atoms in total. The minimum Gasteiger partial charge on any atom is -0.389 e. The molecule has 0 aromatic carbocycles. The Balaban J connectivity index is 0.000000310. The summed E-state index contributed by atoms with van der Waals surface area (Å²) in [6, 6.07) is 0. The molecule has 0 aliphatic heterocycles. The van der Waals surface area contributed by atoms with Crippen LogP contribution in [-0.4, -0.2) is 18.0 Å². The summed E-state index contributed by atoms with van der Waals surface area (Å²) in [6.45, 7) is 4.35. The van der Waals surface area contributed by atoms with Crippen LogP contribution >= 0.6 is 0 Å². The molecule has 0 aromatic rings. The topological polar surface area (TPSA) is 37.3 Å². The first-order valence-electron chi connectivity index (χ1n) is 5.26. The van der Waals surface area contributed by atoms with E-state index in [1.54, 1.807) is 0 Å². The summed E-state index contributed by atoms with van der Waals surface area (Å²) in [4.78, 5) is 8.92. The molecule has 0 amide bonds. The van der Waals surface area contributed by atoms with Gasteiger partial charge in [0, 0.05) is 0 Å². The van der Waals surface area contributed by atoms with E-state index in [4.69, 9.17) is 9.90 Å². The fourth-order valence-electron chi connectivity index (χ4n) is 1.80. The zero-order valence-electron chi connectivity index (χ0n) is 8.83. The molecule has 78 valence electrons. The number of aldehydes is 1. The van der Waals surface area contributed by atoms with Crippen LogP contribution in [0.5, 0.6) is 0 Å². The van der Waals surface area contributed by atoms with E-state index in [0.29, 0.717) is 6.29 Å². The van der Waals surface area contributed by atoms with Crippen LogP contribution in [0.4, 0.5) is 0 Å². The Morgan fingerprint density at radius 2 is 1.77 bits per heavy atom. The highest BCUT2D eigenvalue weighted by atomic mass is 16.3. The van der Waals surface area contributed by atoms with Crippen molar-refractivity contribution in [3.05, 3.63) is 0 Å². The van der Waals surface area contributed by atoms with Gasteiger partial charge in [0.25, 0.3) is 0 Å². The van der Waals surface area contributed by atoms with Gasteiger partial charge in [-0.1, -0.05) is 46.0 Å². The van der Waals surface area contributed by atoms with Crippen molar-refractivity contribution in [2.75, 3.05) is 6.61 Å². The Morgan fingerprint density at radius 3 is 2.00 bits per heavy atom. The molecule has 1 aliphatic carbocycles. The predicted octanol–water partition coefficient (Wildman–Crippen LogP) is 2.40. The van der Waals surface area contributed by atoms with Crippen molar-refractivity contribution in [1.29, 1.82) is 0 Å². The molecule has 0 bridgehead atoms. The Morgan fingerprint density at radius 1 is 1.31 bits per heavy atom. The summed E-state index contributed by atoms with van der Waals surface area (Å²) < 4.78 is 0. The van der Waals surface area contributed by atoms with E-state index in [2.05, 4.69) is 13.8 Å². The fourth-order valence-corrected chi connectivity index (χ4v) is 1.80. The second-order valence-corrected chi connectivity index (χ2v) is 3.99. The molecular weight excluding hydrogens is 164 g/mol. The highest BCUT2D eigenvalue weighted by molar-refractivity contribution is 5.49. The first-order valence-corrected chi connectivity index (χ1v) is 5.26. The number of rotatable bonds is 2. The molecule has 0 spiro atoms. The molecule has 1 aliphatic rings. The van der Waals surface area contributed by atoms with E-state index < -0.39 is 0 Å². The molecule has 13 heavy (non-hydrogen) atoms. The van der Waals surface area contributed by atoms with Gasteiger partial charge in [0.15, 0.2) is 0 Å². The van der Waals surface area contributed by atoms with Gasteiger partial charge in [-0.2, -0.15) is 0 Å². The molecule has 1 N–H and O–H groups in total. The van der Waals surface area contributed by atoms with Gasteiger partial charge in [0.05, 0.1) is 6.61 Å². The van der Waals surface area contributed by atoms with Crippen molar-refractivity contribution in [3.63, 3.8) is 0 Å². The summed E-state index contributed by atoms with van der Waals surface area (Å²) in [6.07, 6.45) is 7.89. The van der Waals surface area contributed by atoms with Gasteiger partial charge in [-0.3, -0.25) is 0 Å². The lowest BCUT2D eigenvalue weighted by Gasteiger charge is -2.24. The van der Waals surface area contributed by atoms with Gasteiger partial charge < -0.3 is 9.90 Å². The highest BCUT2D eigenvalue weighted by Crippen LogP contribution is 2.29. The third-order valence-electron chi connectivity index (χ3n) is 2.67. The second kappa shape index (κ2) is 8.24. The van der Waals surface area contributed by atoms with Crippen LogP contribution in [-0.2, 0) is 4.79 Å². The molecule has 1 saturated carbocycles. The van der Waals surface area contributed by atoms with Crippen molar-refractivity contribution in [3.8, 4) is 0 Å². The Hall–Kier alpha value is -0.370. The minimum atomic E-state index is -0.361. The molecule has 0 aromatic heterocycles. The Kier molecular flexibility index (Phi) is 8.00. The zero-order valence-corrected chi connectivity index (χ0v) is 8.83. The van der Waals surface area contributed by atoms with Crippen LogP contribution < -0.4 is 0 Å². The third-order valence-corrected chi connectivity index (χ3v) is 2.67. The van der Waals surface area contributed by atoms with E-state index in [1.165, 1.54) is 32.1 Å². The Labute approximate surface area is 81.3 Å². The van der Waals surface area contributed by atoms with E-state index in [-0.39, 0.29) is 6.61 Å². The summed E-state index contributed by atoms with van der Waals surface area (Å²) in [7, 11) is 0. The monoisotopic (exact) mass is 186 g/mol. The van der Waals surface area contributed by atoms with E-state index in [1.807, 2.05) is 0 Å². The molecule has 1 rings (SSSR count). The predicted molar refractivity (Wildman–Crippen MR) is 54.6 cm³/mol. The second-order valence-electron chi connectivity index (χ2n) is 3.99. The first kappa shape index (κ1) is 12.6. The number of aliphatic hydroxyl groups is 1. The maximum atomic E-state index is 8.92. The van der Waals surface area contributed by atoms with Crippen molar-refractivity contribution in [2.24, 2.45) is 11.8 Å². The lowest BCUT2D eigenvalue weighted by atomic mass is 9.82. The first-order chi connectivity index (χ1) is 6.22. The van der Waals surface area contributed by atoms with E-state index >= 15 is 0 Å². The largest absolute Gasteiger partial charge is 0.389 e. The van der Waals surface area contributed by atoms with Crippen LogP contribution in [0.25, 0.3) is 0 Å². The van der Waals surface area contributed by atoms with Gasteiger partial charge in [0.1, 0.15) is 6.29 Å². The normalized spacial score (nSPS) is 17.8. The standard InChI is InChI=1S/C9H18.C2H4O2/c1-8(2)9-6-4-3-5-7-9;3-1-2-4/h8-9H,3-7H2,1-2H3;1,4H,2H2. The lowest BCUT2D eigenvalue weighted by Crippen LogP contribution is -2.12. The maximum absolute atomic E-state index is 8.92. The Bertz CT molecular complexity index is 115. The van der Waals surface area contributed by atoms with Gasteiger partial charge >= 0.3 is 0 Å². The molecular formula is C11H22O2.